The molecule has 0 fully saturated rings. The molecule has 0 bridgehead atoms. The van der Waals surface area contributed by atoms with E-state index in [0.29, 0.717) is 13.2 Å². The first-order valence-electron chi connectivity index (χ1n) is 7.89. The molecule has 2 N–H and O–H groups in total. The third kappa shape index (κ3) is 6.08. The second-order valence-electron chi connectivity index (χ2n) is 5.03. The molecule has 122 valence electrons. The fourth-order valence-corrected chi connectivity index (χ4v) is 1.84. The summed E-state index contributed by atoms with van der Waals surface area (Å²) in [7, 11) is 0. The van der Waals surface area contributed by atoms with Crippen LogP contribution in [0, 0.1) is 0 Å². The van der Waals surface area contributed by atoms with Crippen molar-refractivity contribution in [2.45, 2.75) is 19.8 Å². The minimum absolute atomic E-state index is 0.500. The molecular formula is C18H23N3O2. The first-order chi connectivity index (χ1) is 11.3. The van der Waals surface area contributed by atoms with Crippen LogP contribution in [0.2, 0.25) is 0 Å². The van der Waals surface area contributed by atoms with Gasteiger partial charge in [-0.3, -0.25) is 0 Å². The van der Waals surface area contributed by atoms with Gasteiger partial charge in [0, 0.05) is 6.54 Å². The van der Waals surface area contributed by atoms with Crippen LogP contribution in [0.5, 0.6) is 11.5 Å². The monoisotopic (exact) mass is 313 g/mol. The molecule has 0 atom stereocenters. The fraction of sp³-hybridized carbons (Fsp3) is 0.333. The first-order valence-corrected chi connectivity index (χ1v) is 7.89. The Morgan fingerprint density at radius 3 is 1.70 bits per heavy atom. The molecule has 0 heterocycles. The molecule has 2 rings (SSSR count). The molecular weight excluding hydrogens is 290 g/mol. The second kappa shape index (κ2) is 9.58. The summed E-state index contributed by atoms with van der Waals surface area (Å²) in [4.78, 5) is 0. The van der Waals surface area contributed by atoms with Crippen LogP contribution < -0.4 is 15.2 Å². The molecule has 0 aliphatic heterocycles. The number of ether oxygens (including phenoxy) is 2. The van der Waals surface area contributed by atoms with Gasteiger partial charge in [-0.2, -0.15) is 10.2 Å². The average Bonchev–Trinajstić information content (AvgIpc) is 2.60. The van der Waals surface area contributed by atoms with Crippen LogP contribution >= 0.6 is 0 Å². The van der Waals surface area contributed by atoms with Crippen molar-refractivity contribution in [3.8, 4) is 11.5 Å². The van der Waals surface area contributed by atoms with Gasteiger partial charge in [-0.1, -0.05) is 13.3 Å². The Hall–Kier alpha value is -2.40. The molecule has 0 amide bonds. The van der Waals surface area contributed by atoms with Crippen molar-refractivity contribution in [2.24, 2.45) is 16.0 Å². The highest BCUT2D eigenvalue weighted by molar-refractivity contribution is 5.44. The lowest BCUT2D eigenvalue weighted by Gasteiger charge is -2.04. The van der Waals surface area contributed by atoms with E-state index in [2.05, 4.69) is 17.2 Å². The summed E-state index contributed by atoms with van der Waals surface area (Å²) in [6.45, 7) is 3.90. The van der Waals surface area contributed by atoms with Crippen LogP contribution in [-0.4, -0.2) is 19.8 Å². The largest absolute Gasteiger partial charge is 0.494 e. The minimum atomic E-state index is 0.500. The molecule has 0 aliphatic rings. The van der Waals surface area contributed by atoms with Gasteiger partial charge < -0.3 is 15.2 Å². The third-order valence-corrected chi connectivity index (χ3v) is 3.11. The van der Waals surface area contributed by atoms with Crippen molar-refractivity contribution >= 4 is 11.4 Å². The summed E-state index contributed by atoms with van der Waals surface area (Å²) < 4.78 is 11.0. The molecule has 2 aromatic rings. The zero-order valence-electron chi connectivity index (χ0n) is 13.4. The van der Waals surface area contributed by atoms with Crippen molar-refractivity contribution in [1.82, 2.24) is 0 Å². The molecule has 0 aliphatic carbocycles. The van der Waals surface area contributed by atoms with E-state index in [1.54, 1.807) is 0 Å². The maximum atomic E-state index is 5.61. The number of unbranched alkanes of at least 4 members (excludes halogenated alkanes) is 1. The molecule has 5 nitrogen and oxygen atoms in total. The van der Waals surface area contributed by atoms with Gasteiger partial charge in [-0.25, -0.2) is 0 Å². The fourth-order valence-electron chi connectivity index (χ4n) is 1.84. The number of benzene rings is 2. The molecule has 0 radical (unpaired) electrons. The highest BCUT2D eigenvalue weighted by Gasteiger charge is 1.96. The van der Waals surface area contributed by atoms with Gasteiger partial charge in [0.15, 0.2) is 0 Å². The Morgan fingerprint density at radius 1 is 0.783 bits per heavy atom. The Bertz CT molecular complexity index is 595. The number of azo groups is 1. The Balaban J connectivity index is 1.89. The van der Waals surface area contributed by atoms with Gasteiger partial charge in [0.1, 0.15) is 18.1 Å². The standard InChI is InChI=1S/C18H23N3O2/c1-2-3-13-22-17-8-4-15(5-9-17)20-21-16-6-10-18(11-7-16)23-14-12-19/h4-11H,2-3,12-14,19H2,1H3/b21-20+. The zero-order valence-corrected chi connectivity index (χ0v) is 13.4. The van der Waals surface area contributed by atoms with Gasteiger partial charge in [0.2, 0.25) is 0 Å². The van der Waals surface area contributed by atoms with E-state index in [9.17, 15) is 0 Å². The van der Waals surface area contributed by atoms with Crippen molar-refractivity contribution in [1.29, 1.82) is 0 Å². The van der Waals surface area contributed by atoms with E-state index in [-0.39, 0.29) is 0 Å². The van der Waals surface area contributed by atoms with Gasteiger partial charge >= 0.3 is 0 Å². The van der Waals surface area contributed by atoms with Gasteiger partial charge in [-0.05, 0) is 55.0 Å². The minimum Gasteiger partial charge on any atom is -0.494 e. The van der Waals surface area contributed by atoms with E-state index >= 15 is 0 Å². The lowest BCUT2D eigenvalue weighted by molar-refractivity contribution is 0.309. The summed E-state index contributed by atoms with van der Waals surface area (Å²) in [5.41, 5.74) is 6.96. The lowest BCUT2D eigenvalue weighted by atomic mass is 10.3. The van der Waals surface area contributed by atoms with Crippen molar-refractivity contribution < 1.29 is 9.47 Å². The summed E-state index contributed by atoms with van der Waals surface area (Å²) in [6.07, 6.45) is 2.19. The number of hydrogen-bond acceptors (Lipinski definition) is 5. The summed E-state index contributed by atoms with van der Waals surface area (Å²) >= 11 is 0. The molecule has 0 saturated heterocycles. The molecule has 0 unspecified atom stereocenters. The van der Waals surface area contributed by atoms with Crippen molar-refractivity contribution in [3.63, 3.8) is 0 Å². The molecule has 0 aromatic heterocycles. The smallest absolute Gasteiger partial charge is 0.119 e. The number of hydrogen-bond donors (Lipinski definition) is 1. The van der Waals surface area contributed by atoms with Crippen LogP contribution in [0.3, 0.4) is 0 Å². The third-order valence-electron chi connectivity index (χ3n) is 3.11. The Labute approximate surface area is 137 Å². The number of rotatable bonds is 9. The van der Waals surface area contributed by atoms with Crippen LogP contribution in [0.1, 0.15) is 19.8 Å². The Morgan fingerprint density at radius 2 is 1.26 bits per heavy atom. The summed E-state index contributed by atoms with van der Waals surface area (Å²) in [5, 5.41) is 8.42. The first kappa shape index (κ1) is 17.0. The predicted molar refractivity (Wildman–Crippen MR) is 92.0 cm³/mol. The van der Waals surface area contributed by atoms with Crippen LogP contribution in [0.25, 0.3) is 0 Å². The summed E-state index contributed by atoms with van der Waals surface area (Å²) in [6, 6.07) is 15.0. The normalized spacial score (nSPS) is 10.9. The quantitative estimate of drug-likeness (QED) is 0.542. The van der Waals surface area contributed by atoms with E-state index in [1.807, 2.05) is 48.5 Å². The highest BCUT2D eigenvalue weighted by Crippen LogP contribution is 2.23. The van der Waals surface area contributed by atoms with Crippen molar-refractivity contribution in [2.75, 3.05) is 19.8 Å². The Kier molecular flexibility index (Phi) is 7.07. The second-order valence-corrected chi connectivity index (χ2v) is 5.03. The topological polar surface area (TPSA) is 69.2 Å². The van der Waals surface area contributed by atoms with Crippen molar-refractivity contribution in [3.05, 3.63) is 48.5 Å². The van der Waals surface area contributed by atoms with E-state index < -0.39 is 0 Å². The predicted octanol–water partition coefficient (Wildman–Crippen LogP) is 4.62. The van der Waals surface area contributed by atoms with Crippen LogP contribution in [0.4, 0.5) is 11.4 Å². The molecule has 5 heteroatoms. The van der Waals surface area contributed by atoms with Gasteiger partial charge in [0.05, 0.1) is 18.0 Å². The maximum absolute atomic E-state index is 5.61. The van der Waals surface area contributed by atoms with Gasteiger partial charge in [0.25, 0.3) is 0 Å². The molecule has 2 aromatic carbocycles. The van der Waals surface area contributed by atoms with Crippen LogP contribution in [0.15, 0.2) is 58.8 Å². The molecule has 0 saturated carbocycles. The highest BCUT2D eigenvalue weighted by atomic mass is 16.5. The maximum Gasteiger partial charge on any atom is 0.119 e. The zero-order chi connectivity index (χ0) is 16.3. The lowest BCUT2D eigenvalue weighted by Crippen LogP contribution is -2.10. The van der Waals surface area contributed by atoms with E-state index in [0.717, 1.165) is 42.3 Å². The summed E-state index contributed by atoms with van der Waals surface area (Å²) in [5.74, 6) is 1.64. The van der Waals surface area contributed by atoms with Crippen LogP contribution in [-0.2, 0) is 0 Å². The number of nitrogens with two attached hydrogens (primary N) is 1. The average molecular weight is 313 g/mol. The number of nitrogens with zero attached hydrogens (tertiary/aromatic N) is 2. The van der Waals surface area contributed by atoms with E-state index in [1.165, 1.54) is 0 Å². The van der Waals surface area contributed by atoms with Gasteiger partial charge in [-0.15, -0.1) is 0 Å². The molecule has 0 spiro atoms. The SMILES string of the molecule is CCCCOc1ccc(/N=N/c2ccc(OCCN)cc2)cc1. The molecule has 23 heavy (non-hydrogen) atoms. The van der Waals surface area contributed by atoms with E-state index in [4.69, 9.17) is 15.2 Å².